The normalized spacial score (nSPS) is 17.8. The lowest BCUT2D eigenvalue weighted by Crippen LogP contribution is -2.45. The summed E-state index contributed by atoms with van der Waals surface area (Å²) in [5, 5.41) is 3.01. The number of hydrogen-bond acceptors (Lipinski definition) is 4. The molecule has 2 aromatic carbocycles. The van der Waals surface area contributed by atoms with Crippen molar-refractivity contribution in [3.63, 3.8) is 0 Å². The number of rotatable bonds is 5. The monoisotopic (exact) mass is 416 g/mol. The van der Waals surface area contributed by atoms with Gasteiger partial charge in [-0.2, -0.15) is 0 Å². The van der Waals surface area contributed by atoms with E-state index in [0.717, 1.165) is 33.0 Å². The Morgan fingerprint density at radius 3 is 2.55 bits per heavy atom. The van der Waals surface area contributed by atoms with E-state index in [1.54, 1.807) is 6.07 Å². The van der Waals surface area contributed by atoms with Gasteiger partial charge in [-0.05, 0) is 45.4 Å². The number of benzene rings is 2. The highest BCUT2D eigenvalue weighted by atomic mass is 32.2. The summed E-state index contributed by atoms with van der Waals surface area (Å²) in [5.41, 5.74) is 2.82. The molecule has 0 aromatic heterocycles. The fourth-order valence-corrected chi connectivity index (χ4v) is 4.68. The van der Waals surface area contributed by atoms with Crippen LogP contribution in [0.15, 0.2) is 42.5 Å². The molecule has 6 nitrogen and oxygen atoms in total. The van der Waals surface area contributed by atoms with E-state index in [1.807, 2.05) is 64.1 Å². The zero-order valence-corrected chi connectivity index (χ0v) is 18.3. The van der Waals surface area contributed by atoms with E-state index in [4.69, 9.17) is 4.74 Å². The van der Waals surface area contributed by atoms with E-state index in [1.165, 1.54) is 0 Å². The molecule has 0 spiro atoms. The number of anilines is 1. The lowest BCUT2D eigenvalue weighted by molar-refractivity contribution is -0.120. The lowest BCUT2D eigenvalue weighted by atomic mass is 9.89. The Balaban J connectivity index is 1.84. The maximum absolute atomic E-state index is 12.9. The minimum absolute atomic E-state index is 0.247. The summed E-state index contributed by atoms with van der Waals surface area (Å²) < 4.78 is 32.0. The van der Waals surface area contributed by atoms with E-state index < -0.39 is 15.6 Å². The fraction of sp³-hybridized carbons (Fsp3) is 0.409. The Bertz CT molecular complexity index is 1030. The molecule has 0 radical (unpaired) electrons. The van der Waals surface area contributed by atoms with E-state index >= 15 is 0 Å². The summed E-state index contributed by atoms with van der Waals surface area (Å²) in [6, 6.07) is 12.8. The molecule has 29 heavy (non-hydrogen) atoms. The second-order valence-corrected chi connectivity index (χ2v) is 10.2. The topological polar surface area (TPSA) is 75.7 Å². The summed E-state index contributed by atoms with van der Waals surface area (Å²) in [6.45, 7) is 7.46. The highest BCUT2D eigenvalue weighted by Gasteiger charge is 2.35. The first-order valence-electron chi connectivity index (χ1n) is 9.58. The van der Waals surface area contributed by atoms with Gasteiger partial charge in [0.15, 0.2) is 0 Å². The van der Waals surface area contributed by atoms with Crippen LogP contribution in [0.25, 0.3) is 0 Å². The van der Waals surface area contributed by atoms with E-state index in [-0.39, 0.29) is 18.5 Å². The van der Waals surface area contributed by atoms with Crippen LogP contribution in [0.1, 0.15) is 43.0 Å². The molecule has 1 atom stereocenters. The maximum atomic E-state index is 12.9. The summed E-state index contributed by atoms with van der Waals surface area (Å²) in [7, 11) is -3.62. The number of nitrogens with one attached hydrogen (secondary N) is 1. The SMILES string of the molecule is Cc1ccc(N(CC(=O)N[C@@H]2CC(C)(C)Oc3ccccc32)S(C)(=O)=O)c(C)c1. The first-order valence-corrected chi connectivity index (χ1v) is 11.4. The van der Waals surface area contributed by atoms with Crippen molar-refractivity contribution in [3.8, 4) is 5.75 Å². The van der Waals surface area contributed by atoms with Gasteiger partial charge >= 0.3 is 0 Å². The maximum Gasteiger partial charge on any atom is 0.241 e. The fourth-order valence-electron chi connectivity index (χ4n) is 3.77. The Kier molecular flexibility index (Phi) is 5.63. The highest BCUT2D eigenvalue weighted by Crippen LogP contribution is 2.39. The van der Waals surface area contributed by atoms with E-state index in [0.29, 0.717) is 12.1 Å². The molecule has 1 N–H and O–H groups in total. The Labute approximate surface area is 172 Å². The van der Waals surface area contributed by atoms with Gasteiger partial charge in [0.1, 0.15) is 17.9 Å². The van der Waals surface area contributed by atoms with Crippen LogP contribution in [-0.4, -0.2) is 32.7 Å². The zero-order valence-electron chi connectivity index (χ0n) is 17.5. The molecule has 0 bridgehead atoms. The molecule has 1 heterocycles. The van der Waals surface area contributed by atoms with Gasteiger partial charge in [0, 0.05) is 12.0 Å². The quantitative estimate of drug-likeness (QED) is 0.810. The average molecular weight is 417 g/mol. The van der Waals surface area contributed by atoms with Crippen molar-refractivity contribution in [3.05, 3.63) is 59.2 Å². The number of nitrogens with zero attached hydrogens (tertiary/aromatic N) is 1. The molecule has 0 saturated carbocycles. The number of ether oxygens (including phenoxy) is 1. The number of fused-ring (bicyclic) bond motifs is 1. The Morgan fingerprint density at radius 1 is 1.21 bits per heavy atom. The van der Waals surface area contributed by atoms with Crippen molar-refractivity contribution in [2.75, 3.05) is 17.1 Å². The molecule has 156 valence electrons. The van der Waals surface area contributed by atoms with Crippen molar-refractivity contribution in [2.45, 2.75) is 45.8 Å². The summed E-state index contributed by atoms with van der Waals surface area (Å²) in [4.78, 5) is 12.9. The third-order valence-corrected chi connectivity index (χ3v) is 6.15. The van der Waals surface area contributed by atoms with Gasteiger partial charge in [-0.1, -0.05) is 35.9 Å². The van der Waals surface area contributed by atoms with Gasteiger partial charge < -0.3 is 10.1 Å². The van der Waals surface area contributed by atoms with Crippen LogP contribution in [0.3, 0.4) is 0 Å². The predicted molar refractivity (Wildman–Crippen MR) is 115 cm³/mol. The van der Waals surface area contributed by atoms with Gasteiger partial charge in [-0.3, -0.25) is 9.10 Å². The Hall–Kier alpha value is -2.54. The number of para-hydroxylation sites is 1. The minimum atomic E-state index is -3.62. The number of carbonyl (C=O) groups is 1. The van der Waals surface area contributed by atoms with Crippen molar-refractivity contribution in [2.24, 2.45) is 0 Å². The zero-order chi connectivity index (χ0) is 21.4. The van der Waals surface area contributed by atoms with Crippen LogP contribution in [0.4, 0.5) is 5.69 Å². The Morgan fingerprint density at radius 2 is 1.90 bits per heavy atom. The van der Waals surface area contributed by atoms with Crippen molar-refractivity contribution in [1.82, 2.24) is 5.32 Å². The van der Waals surface area contributed by atoms with E-state index in [9.17, 15) is 13.2 Å². The van der Waals surface area contributed by atoms with Crippen LogP contribution in [0.5, 0.6) is 5.75 Å². The first kappa shape index (κ1) is 21.2. The van der Waals surface area contributed by atoms with Crippen LogP contribution in [0.2, 0.25) is 0 Å². The van der Waals surface area contributed by atoms with Crippen molar-refractivity contribution < 1.29 is 17.9 Å². The molecule has 0 fully saturated rings. The van der Waals surface area contributed by atoms with E-state index in [2.05, 4.69) is 5.32 Å². The molecule has 1 amide bonds. The van der Waals surface area contributed by atoms with Gasteiger partial charge in [0.2, 0.25) is 15.9 Å². The third kappa shape index (κ3) is 4.90. The van der Waals surface area contributed by atoms with Crippen LogP contribution < -0.4 is 14.4 Å². The smallest absolute Gasteiger partial charge is 0.241 e. The summed E-state index contributed by atoms with van der Waals surface area (Å²) in [5.74, 6) is 0.385. The van der Waals surface area contributed by atoms with Crippen LogP contribution in [0, 0.1) is 13.8 Å². The minimum Gasteiger partial charge on any atom is -0.487 e. The van der Waals surface area contributed by atoms with Crippen LogP contribution >= 0.6 is 0 Å². The largest absolute Gasteiger partial charge is 0.487 e. The van der Waals surface area contributed by atoms with Crippen molar-refractivity contribution >= 4 is 21.6 Å². The molecule has 0 saturated heterocycles. The molecule has 3 rings (SSSR count). The van der Waals surface area contributed by atoms with Gasteiger partial charge in [0.05, 0.1) is 18.0 Å². The molecule has 2 aromatic rings. The molecule has 7 heteroatoms. The van der Waals surface area contributed by atoms with Crippen LogP contribution in [-0.2, 0) is 14.8 Å². The van der Waals surface area contributed by atoms with Gasteiger partial charge in [-0.15, -0.1) is 0 Å². The standard InChI is InChI=1S/C22H28N2O4S/c1-15-10-11-19(16(2)12-15)24(29(5,26)27)14-21(25)23-18-13-22(3,4)28-20-9-7-6-8-17(18)20/h6-12,18H,13-14H2,1-5H3,(H,23,25)/t18-/m1/s1. The highest BCUT2D eigenvalue weighted by molar-refractivity contribution is 7.92. The van der Waals surface area contributed by atoms with Gasteiger partial charge in [0.25, 0.3) is 0 Å². The third-order valence-electron chi connectivity index (χ3n) is 5.02. The number of hydrogen-bond donors (Lipinski definition) is 1. The molecule has 1 aliphatic heterocycles. The first-order chi connectivity index (χ1) is 13.5. The molecule has 0 aliphatic carbocycles. The second kappa shape index (κ2) is 7.71. The van der Waals surface area contributed by atoms with Gasteiger partial charge in [-0.25, -0.2) is 8.42 Å². The number of carbonyl (C=O) groups excluding carboxylic acids is 1. The number of sulfonamides is 1. The number of amides is 1. The molecular weight excluding hydrogens is 388 g/mol. The predicted octanol–water partition coefficient (Wildman–Crippen LogP) is 3.49. The lowest BCUT2D eigenvalue weighted by Gasteiger charge is -2.38. The summed E-state index contributed by atoms with van der Waals surface area (Å²) in [6.07, 6.45) is 1.71. The summed E-state index contributed by atoms with van der Waals surface area (Å²) >= 11 is 0. The second-order valence-electron chi connectivity index (χ2n) is 8.28. The number of aryl methyl sites for hydroxylation is 2. The van der Waals surface area contributed by atoms with Crippen molar-refractivity contribution in [1.29, 1.82) is 0 Å². The average Bonchev–Trinajstić information content (AvgIpc) is 2.58. The molecule has 0 unspecified atom stereocenters. The molecule has 1 aliphatic rings. The molecular formula is C22H28N2O4S.